The average molecular weight is 251 g/mol. The van der Waals surface area contributed by atoms with E-state index >= 15 is 0 Å². The van der Waals surface area contributed by atoms with Crippen LogP contribution in [0.15, 0.2) is 0 Å². The fraction of sp³-hybridized carbons (Fsp3) is 0.667. The first-order chi connectivity index (χ1) is 8.66. The summed E-state index contributed by atoms with van der Waals surface area (Å²) < 4.78 is 7.07. The quantitative estimate of drug-likeness (QED) is 0.834. The summed E-state index contributed by atoms with van der Waals surface area (Å²) in [7, 11) is 1.82. The third-order valence-corrected chi connectivity index (χ3v) is 3.90. The molecule has 0 aromatic carbocycles. The zero-order chi connectivity index (χ0) is 12.7. The van der Waals surface area contributed by atoms with Gasteiger partial charge in [0.25, 0.3) is 0 Å². The van der Waals surface area contributed by atoms with Crippen molar-refractivity contribution in [1.29, 1.82) is 0 Å². The third kappa shape index (κ3) is 1.81. The van der Waals surface area contributed by atoms with E-state index in [0.29, 0.717) is 12.6 Å². The van der Waals surface area contributed by atoms with Crippen molar-refractivity contribution in [2.24, 2.45) is 7.05 Å². The van der Waals surface area contributed by atoms with Crippen LogP contribution in [-0.2, 0) is 24.9 Å². The molecular weight excluding hydrogens is 234 g/mol. The highest BCUT2D eigenvalue weighted by molar-refractivity contribution is 5.87. The number of aromatic carboxylic acids is 1. The average Bonchev–Trinajstić information content (AvgIpc) is 2.91. The zero-order valence-corrected chi connectivity index (χ0v) is 10.4. The number of aryl methyl sites for hydroxylation is 1. The molecule has 0 atom stereocenters. The SMILES string of the molecule is Cn1nc(C(=O)O)c2c1CN(C1CCOCC1)C2. The van der Waals surface area contributed by atoms with Crippen LogP contribution in [0.5, 0.6) is 0 Å². The monoisotopic (exact) mass is 251 g/mol. The largest absolute Gasteiger partial charge is 0.476 e. The highest BCUT2D eigenvalue weighted by Gasteiger charge is 2.33. The lowest BCUT2D eigenvalue weighted by Crippen LogP contribution is -2.36. The van der Waals surface area contributed by atoms with Crippen molar-refractivity contribution < 1.29 is 14.6 Å². The number of hydrogen-bond donors (Lipinski definition) is 1. The number of rotatable bonds is 2. The van der Waals surface area contributed by atoms with Crippen LogP contribution in [0.2, 0.25) is 0 Å². The Morgan fingerprint density at radius 1 is 1.39 bits per heavy atom. The summed E-state index contributed by atoms with van der Waals surface area (Å²) in [6.45, 7) is 3.12. The minimum atomic E-state index is -0.930. The van der Waals surface area contributed by atoms with Crippen molar-refractivity contribution >= 4 is 5.97 Å². The van der Waals surface area contributed by atoms with Gasteiger partial charge in [-0.2, -0.15) is 5.10 Å². The molecule has 3 heterocycles. The normalized spacial score (nSPS) is 21.2. The van der Waals surface area contributed by atoms with Gasteiger partial charge in [0.1, 0.15) is 0 Å². The van der Waals surface area contributed by atoms with Gasteiger partial charge < -0.3 is 9.84 Å². The van der Waals surface area contributed by atoms with Gasteiger partial charge in [0.15, 0.2) is 5.69 Å². The molecule has 6 heteroatoms. The molecule has 0 amide bonds. The highest BCUT2D eigenvalue weighted by atomic mass is 16.5. The second-order valence-electron chi connectivity index (χ2n) is 4.95. The number of ether oxygens (including phenoxy) is 1. The Labute approximate surface area is 105 Å². The Morgan fingerprint density at radius 2 is 2.11 bits per heavy atom. The Hall–Kier alpha value is -1.40. The smallest absolute Gasteiger partial charge is 0.356 e. The Morgan fingerprint density at radius 3 is 2.78 bits per heavy atom. The molecule has 0 unspecified atom stereocenters. The van der Waals surface area contributed by atoms with Crippen molar-refractivity contribution in [2.45, 2.75) is 32.0 Å². The van der Waals surface area contributed by atoms with Gasteiger partial charge in [-0.1, -0.05) is 0 Å². The van der Waals surface area contributed by atoms with E-state index in [1.165, 1.54) is 0 Å². The van der Waals surface area contributed by atoms with Crippen LogP contribution >= 0.6 is 0 Å². The summed E-state index contributed by atoms with van der Waals surface area (Å²) in [5, 5.41) is 13.2. The summed E-state index contributed by atoms with van der Waals surface area (Å²) in [5.41, 5.74) is 2.14. The van der Waals surface area contributed by atoms with E-state index in [1.54, 1.807) is 4.68 Å². The van der Waals surface area contributed by atoms with Crippen molar-refractivity contribution in [2.75, 3.05) is 13.2 Å². The van der Waals surface area contributed by atoms with Crippen LogP contribution in [0, 0.1) is 0 Å². The van der Waals surface area contributed by atoms with Crippen LogP contribution in [0.25, 0.3) is 0 Å². The van der Waals surface area contributed by atoms with Crippen molar-refractivity contribution in [3.63, 3.8) is 0 Å². The van der Waals surface area contributed by atoms with Crippen LogP contribution in [0.1, 0.15) is 34.6 Å². The Balaban J connectivity index is 1.82. The molecule has 1 fully saturated rings. The summed E-state index contributed by atoms with van der Waals surface area (Å²) >= 11 is 0. The molecule has 6 nitrogen and oxygen atoms in total. The fourth-order valence-electron chi connectivity index (χ4n) is 2.90. The van der Waals surface area contributed by atoms with Crippen LogP contribution < -0.4 is 0 Å². The summed E-state index contributed by atoms with van der Waals surface area (Å²) in [5.74, 6) is -0.930. The number of carboxylic acid groups (broad SMARTS) is 1. The minimum absolute atomic E-state index is 0.210. The molecule has 0 spiro atoms. The predicted octanol–water partition coefficient (Wildman–Crippen LogP) is 0.613. The second-order valence-corrected chi connectivity index (χ2v) is 4.95. The van der Waals surface area contributed by atoms with Gasteiger partial charge in [-0.05, 0) is 12.8 Å². The van der Waals surface area contributed by atoms with Crippen molar-refractivity contribution in [3.05, 3.63) is 17.0 Å². The van der Waals surface area contributed by atoms with E-state index in [2.05, 4.69) is 10.00 Å². The van der Waals surface area contributed by atoms with Gasteiger partial charge in [-0.15, -0.1) is 0 Å². The van der Waals surface area contributed by atoms with Crippen LogP contribution in [0.4, 0.5) is 0 Å². The molecule has 0 bridgehead atoms. The second kappa shape index (κ2) is 4.37. The maximum atomic E-state index is 11.1. The zero-order valence-electron chi connectivity index (χ0n) is 10.4. The molecule has 1 saturated heterocycles. The van der Waals surface area contributed by atoms with Gasteiger partial charge in [0.05, 0.1) is 5.69 Å². The lowest BCUT2D eigenvalue weighted by molar-refractivity contribution is 0.0317. The maximum absolute atomic E-state index is 11.1. The first kappa shape index (κ1) is 11.7. The van der Waals surface area contributed by atoms with Crippen molar-refractivity contribution in [1.82, 2.24) is 14.7 Å². The van der Waals surface area contributed by atoms with E-state index in [9.17, 15) is 4.79 Å². The summed E-state index contributed by atoms with van der Waals surface area (Å²) in [6.07, 6.45) is 2.06. The van der Waals surface area contributed by atoms with E-state index in [-0.39, 0.29) is 5.69 Å². The predicted molar refractivity (Wildman–Crippen MR) is 63.3 cm³/mol. The first-order valence-electron chi connectivity index (χ1n) is 6.26. The maximum Gasteiger partial charge on any atom is 0.356 e. The molecule has 1 N–H and O–H groups in total. The molecule has 2 aliphatic heterocycles. The lowest BCUT2D eigenvalue weighted by Gasteiger charge is -2.30. The number of carbonyl (C=O) groups is 1. The van der Waals surface area contributed by atoms with E-state index in [1.807, 2.05) is 7.05 Å². The molecule has 0 radical (unpaired) electrons. The third-order valence-electron chi connectivity index (χ3n) is 3.90. The van der Waals surface area contributed by atoms with Gasteiger partial charge in [0, 0.05) is 45.0 Å². The Kier molecular flexibility index (Phi) is 2.83. The summed E-state index contributed by atoms with van der Waals surface area (Å²) in [4.78, 5) is 13.5. The molecular formula is C12H17N3O3. The molecule has 3 rings (SSSR count). The van der Waals surface area contributed by atoms with Crippen LogP contribution in [0.3, 0.4) is 0 Å². The van der Waals surface area contributed by atoms with Gasteiger partial charge in [0.2, 0.25) is 0 Å². The molecule has 1 aromatic rings. The molecule has 98 valence electrons. The van der Waals surface area contributed by atoms with Crippen molar-refractivity contribution in [3.8, 4) is 0 Å². The Bertz CT molecular complexity index is 477. The molecule has 2 aliphatic rings. The highest BCUT2D eigenvalue weighted by Crippen LogP contribution is 2.29. The summed E-state index contributed by atoms with van der Waals surface area (Å²) in [6, 6.07) is 0.507. The number of aromatic nitrogens is 2. The minimum Gasteiger partial charge on any atom is -0.476 e. The molecule has 0 saturated carbocycles. The van der Waals surface area contributed by atoms with Gasteiger partial charge in [-0.3, -0.25) is 9.58 Å². The number of nitrogens with zero attached hydrogens (tertiary/aromatic N) is 3. The van der Waals surface area contributed by atoms with Gasteiger partial charge in [-0.25, -0.2) is 4.79 Å². The molecule has 0 aliphatic carbocycles. The molecule has 18 heavy (non-hydrogen) atoms. The van der Waals surface area contributed by atoms with E-state index < -0.39 is 5.97 Å². The first-order valence-corrected chi connectivity index (χ1v) is 6.26. The standard InChI is InChI=1S/C12H17N3O3/c1-14-10-7-15(8-2-4-18-5-3-8)6-9(10)11(13-14)12(16)17/h8H,2-7H2,1H3,(H,16,17). The molecule has 1 aromatic heterocycles. The van der Waals surface area contributed by atoms with E-state index in [0.717, 1.165) is 43.9 Å². The van der Waals surface area contributed by atoms with Crippen LogP contribution in [-0.4, -0.2) is 45.0 Å². The fourth-order valence-corrected chi connectivity index (χ4v) is 2.90. The number of fused-ring (bicyclic) bond motifs is 1. The lowest BCUT2D eigenvalue weighted by atomic mass is 10.1. The number of hydrogen-bond acceptors (Lipinski definition) is 4. The topological polar surface area (TPSA) is 67.6 Å². The van der Waals surface area contributed by atoms with Gasteiger partial charge >= 0.3 is 5.97 Å². The number of carboxylic acids is 1. The van der Waals surface area contributed by atoms with E-state index in [4.69, 9.17) is 9.84 Å².